The molecule has 0 aromatic heterocycles. The number of aryl methyl sites for hydroxylation is 1. The number of ether oxygens (including phenoxy) is 2. The first-order chi connectivity index (χ1) is 12.5. The number of hydrogen-bond acceptors (Lipinski definition) is 4. The van der Waals surface area contributed by atoms with Crippen molar-refractivity contribution in [2.45, 2.75) is 45.8 Å². The van der Waals surface area contributed by atoms with Gasteiger partial charge in [0.05, 0.1) is 12.7 Å². The lowest BCUT2D eigenvalue weighted by molar-refractivity contribution is -0.158. The fraction of sp³-hybridized carbons (Fsp3) is 0.348. The third-order valence-corrected chi connectivity index (χ3v) is 4.74. The molecular formula is C23H28O4. The van der Waals surface area contributed by atoms with Gasteiger partial charge in [0.15, 0.2) is 5.78 Å². The Balaban J connectivity index is 2.75. The zero-order chi connectivity index (χ0) is 20.6. The number of benzene rings is 1. The molecule has 1 heterocycles. The van der Waals surface area contributed by atoms with Crippen molar-refractivity contribution in [3.63, 3.8) is 0 Å². The van der Waals surface area contributed by atoms with Crippen LogP contribution in [0, 0.1) is 6.92 Å². The Labute approximate surface area is 161 Å². The first-order valence-electron chi connectivity index (χ1n) is 8.82. The zero-order valence-corrected chi connectivity index (χ0v) is 17.0. The van der Waals surface area contributed by atoms with Gasteiger partial charge in [0.2, 0.25) is 0 Å². The minimum Gasteiger partial charge on any atom is -0.508 e. The Bertz CT molecular complexity index is 866. The maximum absolute atomic E-state index is 13.1. The molecular weight excluding hydrogens is 340 g/mol. The van der Waals surface area contributed by atoms with Crippen LogP contribution in [0.1, 0.15) is 44.4 Å². The molecule has 4 heteroatoms. The Hall–Kier alpha value is -2.59. The van der Waals surface area contributed by atoms with Gasteiger partial charge in [-0.15, -0.1) is 0 Å². The second kappa shape index (κ2) is 7.20. The van der Waals surface area contributed by atoms with Crippen molar-refractivity contribution in [3.05, 3.63) is 71.7 Å². The van der Waals surface area contributed by atoms with Crippen LogP contribution in [0.15, 0.2) is 55.0 Å². The van der Waals surface area contributed by atoms with E-state index >= 15 is 0 Å². The summed E-state index contributed by atoms with van der Waals surface area (Å²) >= 11 is 0. The third-order valence-electron chi connectivity index (χ3n) is 4.74. The summed E-state index contributed by atoms with van der Waals surface area (Å²) < 4.78 is 11.1. The Morgan fingerprint density at radius 2 is 1.85 bits per heavy atom. The highest BCUT2D eigenvalue weighted by Crippen LogP contribution is 2.41. The van der Waals surface area contributed by atoms with Crippen molar-refractivity contribution in [1.29, 1.82) is 0 Å². The number of ketones is 1. The maximum atomic E-state index is 13.1. The molecule has 0 amide bonds. The summed E-state index contributed by atoms with van der Waals surface area (Å²) in [7, 11) is 1.55. The van der Waals surface area contributed by atoms with Gasteiger partial charge in [0.25, 0.3) is 0 Å². The van der Waals surface area contributed by atoms with Gasteiger partial charge in [0, 0.05) is 5.57 Å². The van der Waals surface area contributed by atoms with Crippen LogP contribution in [-0.2, 0) is 14.3 Å². The topological polar surface area (TPSA) is 55.8 Å². The normalized spacial score (nSPS) is 19.0. The smallest absolute Gasteiger partial charge is 0.198 e. The molecule has 0 saturated carbocycles. The number of carbonyl (C=O) groups excluding carboxylic acids is 1. The lowest BCUT2D eigenvalue weighted by atomic mass is 9.81. The molecule has 1 aliphatic heterocycles. The summed E-state index contributed by atoms with van der Waals surface area (Å²) in [5.74, 6) is 0.174. The van der Waals surface area contributed by atoms with E-state index in [9.17, 15) is 9.90 Å². The highest BCUT2D eigenvalue weighted by molar-refractivity contribution is 6.26. The standard InChI is InChI=1S/C23H28O4/c1-9-10-17(15(3)26-8)16-12-11-14(2)18(13-16)19-20(24)22(4,5)27-23(6,7)21(19)25/h9-13,24H,1,3H2,2,4-8H3/b17-10+. The molecule has 1 aromatic rings. The van der Waals surface area contributed by atoms with E-state index < -0.39 is 11.2 Å². The van der Waals surface area contributed by atoms with Gasteiger partial charge in [-0.05, 0) is 57.4 Å². The van der Waals surface area contributed by atoms with Crippen molar-refractivity contribution >= 4 is 16.9 Å². The van der Waals surface area contributed by atoms with Gasteiger partial charge in [-0.2, -0.15) is 0 Å². The molecule has 144 valence electrons. The predicted octanol–water partition coefficient (Wildman–Crippen LogP) is 5.15. The second-order valence-corrected chi connectivity index (χ2v) is 7.65. The Morgan fingerprint density at radius 3 is 2.41 bits per heavy atom. The molecule has 0 saturated heterocycles. The van der Waals surface area contributed by atoms with Gasteiger partial charge < -0.3 is 14.6 Å². The summed E-state index contributed by atoms with van der Waals surface area (Å²) in [5, 5.41) is 10.8. The van der Waals surface area contributed by atoms with Crippen molar-refractivity contribution in [2.24, 2.45) is 0 Å². The van der Waals surface area contributed by atoms with Crippen molar-refractivity contribution in [2.75, 3.05) is 7.11 Å². The molecule has 0 fully saturated rings. The Morgan fingerprint density at radius 1 is 1.22 bits per heavy atom. The molecule has 0 spiro atoms. The first kappa shape index (κ1) is 20.7. The van der Waals surface area contributed by atoms with E-state index in [2.05, 4.69) is 13.2 Å². The maximum Gasteiger partial charge on any atom is 0.198 e. The number of allylic oxidation sites excluding steroid dienone is 3. The van der Waals surface area contributed by atoms with Crippen LogP contribution >= 0.6 is 0 Å². The van der Waals surface area contributed by atoms with Gasteiger partial charge in [-0.1, -0.05) is 37.4 Å². The van der Waals surface area contributed by atoms with Gasteiger partial charge >= 0.3 is 0 Å². The molecule has 0 aliphatic carbocycles. The fourth-order valence-electron chi connectivity index (χ4n) is 3.33. The SMILES string of the molecule is C=C/C=C(\C(=C)OC)c1ccc(C)c(C2=C(O)C(C)(C)OC(C)(C)C2=O)c1. The van der Waals surface area contributed by atoms with Gasteiger partial charge in [0.1, 0.15) is 22.7 Å². The molecule has 27 heavy (non-hydrogen) atoms. The van der Waals surface area contributed by atoms with Gasteiger partial charge in [-0.3, -0.25) is 4.79 Å². The lowest BCUT2D eigenvalue weighted by Gasteiger charge is -2.40. The van der Waals surface area contributed by atoms with Crippen LogP contribution < -0.4 is 0 Å². The summed E-state index contributed by atoms with van der Waals surface area (Å²) in [5.41, 5.74) is 1.40. The molecule has 1 aliphatic rings. The number of rotatable bonds is 5. The van der Waals surface area contributed by atoms with E-state index in [1.54, 1.807) is 47.0 Å². The molecule has 0 radical (unpaired) electrons. The summed E-state index contributed by atoms with van der Waals surface area (Å²) in [4.78, 5) is 13.1. The molecule has 0 atom stereocenters. The van der Waals surface area contributed by atoms with Crippen LogP contribution in [0.3, 0.4) is 0 Å². The third kappa shape index (κ3) is 3.76. The van der Waals surface area contributed by atoms with E-state index in [-0.39, 0.29) is 17.1 Å². The summed E-state index contributed by atoms with van der Waals surface area (Å²) in [6.07, 6.45) is 3.45. The molecule has 1 aromatic carbocycles. The quantitative estimate of drug-likeness (QED) is 0.577. The van der Waals surface area contributed by atoms with Crippen molar-refractivity contribution in [1.82, 2.24) is 0 Å². The van der Waals surface area contributed by atoms with E-state index in [1.807, 2.05) is 25.1 Å². The average Bonchev–Trinajstić information content (AvgIpc) is 2.58. The fourth-order valence-corrected chi connectivity index (χ4v) is 3.33. The van der Waals surface area contributed by atoms with Crippen LogP contribution in [-0.4, -0.2) is 29.2 Å². The number of aliphatic hydroxyl groups is 1. The molecule has 2 rings (SSSR count). The molecule has 0 unspecified atom stereocenters. The second-order valence-electron chi connectivity index (χ2n) is 7.65. The molecule has 1 N–H and O–H groups in total. The van der Waals surface area contributed by atoms with E-state index in [1.165, 1.54) is 0 Å². The number of methoxy groups -OCH3 is 1. The molecule has 4 nitrogen and oxygen atoms in total. The van der Waals surface area contributed by atoms with Crippen LogP contribution in [0.25, 0.3) is 11.1 Å². The average molecular weight is 368 g/mol. The van der Waals surface area contributed by atoms with E-state index in [4.69, 9.17) is 9.47 Å². The zero-order valence-electron chi connectivity index (χ0n) is 17.0. The van der Waals surface area contributed by atoms with Gasteiger partial charge in [-0.25, -0.2) is 0 Å². The van der Waals surface area contributed by atoms with Crippen LogP contribution in [0.2, 0.25) is 0 Å². The minimum atomic E-state index is -1.04. The first-order valence-corrected chi connectivity index (χ1v) is 8.82. The van der Waals surface area contributed by atoms with Crippen LogP contribution in [0.5, 0.6) is 0 Å². The van der Waals surface area contributed by atoms with Crippen LogP contribution in [0.4, 0.5) is 0 Å². The number of hydrogen-bond donors (Lipinski definition) is 1. The Kier molecular flexibility index (Phi) is 5.52. The summed E-state index contributed by atoms with van der Waals surface area (Å²) in [6, 6.07) is 5.71. The minimum absolute atomic E-state index is 0.0631. The largest absolute Gasteiger partial charge is 0.508 e. The number of aliphatic hydroxyl groups excluding tert-OH is 1. The monoisotopic (exact) mass is 368 g/mol. The van der Waals surface area contributed by atoms with Crippen molar-refractivity contribution < 1.29 is 19.4 Å². The van der Waals surface area contributed by atoms with E-state index in [0.717, 1.165) is 16.7 Å². The highest BCUT2D eigenvalue weighted by Gasteiger charge is 2.47. The lowest BCUT2D eigenvalue weighted by Crippen LogP contribution is -2.49. The van der Waals surface area contributed by atoms with Crippen molar-refractivity contribution in [3.8, 4) is 0 Å². The molecule has 0 bridgehead atoms. The number of Topliss-reactive ketones (excluding diaryl/α,β-unsaturated/α-hetero) is 1. The number of carbonyl (C=O) groups is 1. The van der Waals surface area contributed by atoms with E-state index in [0.29, 0.717) is 11.3 Å². The highest BCUT2D eigenvalue weighted by atomic mass is 16.5. The predicted molar refractivity (Wildman–Crippen MR) is 109 cm³/mol. The summed E-state index contributed by atoms with van der Waals surface area (Å²) in [6.45, 7) is 16.5.